The highest BCUT2D eigenvalue weighted by Crippen LogP contribution is 2.24. The van der Waals surface area contributed by atoms with E-state index in [9.17, 15) is 9.59 Å². The van der Waals surface area contributed by atoms with Crippen LogP contribution in [0.25, 0.3) is 11.0 Å². The monoisotopic (exact) mass is 345 g/mol. The average Bonchev–Trinajstić information content (AvgIpc) is 2.84. The maximum atomic E-state index is 12.7. The standard InChI is InChI=1S/C18H27N5O2/c1-10(2)14-9-13(15-12(5)22-23(6)16(15)21-14)18(25)20-8-7-19-17(24)11(3)4/h9-11H,7-8H2,1-6H3,(H,19,24)(H,20,25). The number of fused-ring (bicyclic) bond motifs is 1. The van der Waals surface area contributed by atoms with Crippen LogP contribution in [-0.4, -0.2) is 39.7 Å². The van der Waals surface area contributed by atoms with Gasteiger partial charge in [-0.15, -0.1) is 0 Å². The Hall–Kier alpha value is -2.44. The molecular formula is C18H27N5O2. The molecule has 2 aromatic rings. The quantitative estimate of drug-likeness (QED) is 0.783. The molecule has 0 aromatic carbocycles. The minimum atomic E-state index is -0.177. The van der Waals surface area contributed by atoms with Crippen molar-refractivity contribution in [2.24, 2.45) is 13.0 Å². The number of aromatic nitrogens is 3. The minimum absolute atomic E-state index is 0.0225. The zero-order chi connectivity index (χ0) is 18.7. The first kappa shape index (κ1) is 18.9. The molecule has 2 N–H and O–H groups in total. The van der Waals surface area contributed by atoms with Gasteiger partial charge in [-0.25, -0.2) is 4.98 Å². The van der Waals surface area contributed by atoms with Gasteiger partial charge in [0.2, 0.25) is 5.91 Å². The first-order valence-corrected chi connectivity index (χ1v) is 8.62. The molecule has 2 amide bonds. The predicted octanol–water partition coefficient (Wildman–Crippen LogP) is 1.90. The summed E-state index contributed by atoms with van der Waals surface area (Å²) in [5.41, 5.74) is 2.92. The largest absolute Gasteiger partial charge is 0.354 e. The molecule has 2 rings (SSSR count). The van der Waals surface area contributed by atoms with Gasteiger partial charge in [0, 0.05) is 31.7 Å². The zero-order valence-corrected chi connectivity index (χ0v) is 15.8. The SMILES string of the molecule is Cc1nn(C)c2nc(C(C)C)cc(C(=O)NCCNC(=O)C(C)C)c12. The molecule has 0 unspecified atom stereocenters. The molecule has 0 saturated carbocycles. The number of amides is 2. The highest BCUT2D eigenvalue weighted by Gasteiger charge is 2.19. The summed E-state index contributed by atoms with van der Waals surface area (Å²) in [6, 6.07) is 1.84. The maximum Gasteiger partial charge on any atom is 0.252 e. The summed E-state index contributed by atoms with van der Waals surface area (Å²) in [6.45, 7) is 10.4. The molecule has 0 aliphatic heterocycles. The Bertz CT molecular complexity index is 792. The molecule has 2 heterocycles. The van der Waals surface area contributed by atoms with E-state index in [2.05, 4.69) is 20.7 Å². The molecule has 0 aliphatic rings. The van der Waals surface area contributed by atoms with Crippen molar-refractivity contribution in [2.45, 2.75) is 40.5 Å². The third kappa shape index (κ3) is 4.15. The summed E-state index contributed by atoms with van der Waals surface area (Å²) < 4.78 is 1.70. The van der Waals surface area contributed by atoms with E-state index in [1.807, 2.05) is 47.7 Å². The molecule has 0 saturated heterocycles. The van der Waals surface area contributed by atoms with Crippen molar-refractivity contribution in [3.8, 4) is 0 Å². The Labute approximate surface area is 148 Å². The summed E-state index contributed by atoms with van der Waals surface area (Å²) in [7, 11) is 1.83. The van der Waals surface area contributed by atoms with Crippen LogP contribution in [0, 0.1) is 12.8 Å². The molecule has 0 fully saturated rings. The van der Waals surface area contributed by atoms with Gasteiger partial charge >= 0.3 is 0 Å². The summed E-state index contributed by atoms with van der Waals surface area (Å²) in [4.78, 5) is 28.9. The first-order valence-electron chi connectivity index (χ1n) is 8.62. The van der Waals surface area contributed by atoms with E-state index in [4.69, 9.17) is 0 Å². The van der Waals surface area contributed by atoms with Crippen molar-refractivity contribution in [1.29, 1.82) is 0 Å². The summed E-state index contributed by atoms with van der Waals surface area (Å²) in [6.07, 6.45) is 0. The van der Waals surface area contributed by atoms with Gasteiger partial charge in [-0.2, -0.15) is 5.10 Å². The average molecular weight is 345 g/mol. The van der Waals surface area contributed by atoms with Crippen LogP contribution in [0.15, 0.2) is 6.07 Å². The Morgan fingerprint density at radius 3 is 2.40 bits per heavy atom. The van der Waals surface area contributed by atoms with Gasteiger partial charge in [-0.1, -0.05) is 27.7 Å². The zero-order valence-electron chi connectivity index (χ0n) is 15.8. The maximum absolute atomic E-state index is 12.7. The van der Waals surface area contributed by atoms with E-state index in [1.54, 1.807) is 4.68 Å². The summed E-state index contributed by atoms with van der Waals surface area (Å²) in [5, 5.41) is 10.8. The van der Waals surface area contributed by atoms with E-state index >= 15 is 0 Å². The van der Waals surface area contributed by atoms with E-state index in [1.165, 1.54) is 0 Å². The summed E-state index contributed by atoms with van der Waals surface area (Å²) in [5.74, 6) is -0.0615. The summed E-state index contributed by atoms with van der Waals surface area (Å²) >= 11 is 0. The first-order chi connectivity index (χ1) is 11.7. The molecule has 136 valence electrons. The number of carbonyl (C=O) groups excluding carboxylic acids is 2. The van der Waals surface area contributed by atoms with Crippen LogP contribution in [0.4, 0.5) is 0 Å². The molecule has 25 heavy (non-hydrogen) atoms. The van der Waals surface area contributed by atoms with Crippen molar-refractivity contribution in [2.75, 3.05) is 13.1 Å². The van der Waals surface area contributed by atoms with Gasteiger partial charge in [0.15, 0.2) is 5.65 Å². The fourth-order valence-corrected chi connectivity index (χ4v) is 2.60. The third-order valence-corrected chi connectivity index (χ3v) is 4.06. The Morgan fingerprint density at radius 2 is 1.80 bits per heavy atom. The Morgan fingerprint density at radius 1 is 1.16 bits per heavy atom. The van der Waals surface area contributed by atoms with Gasteiger partial charge in [0.05, 0.1) is 16.6 Å². The van der Waals surface area contributed by atoms with Crippen molar-refractivity contribution in [3.63, 3.8) is 0 Å². The van der Waals surface area contributed by atoms with Crippen LogP contribution in [0.3, 0.4) is 0 Å². The Balaban J connectivity index is 2.21. The second-order valence-corrected chi connectivity index (χ2v) is 6.86. The van der Waals surface area contributed by atoms with Gasteiger partial charge in [0.1, 0.15) is 0 Å². The second kappa shape index (κ2) is 7.63. The fraction of sp³-hybridized carbons (Fsp3) is 0.556. The highest BCUT2D eigenvalue weighted by atomic mass is 16.2. The highest BCUT2D eigenvalue weighted by molar-refractivity contribution is 6.06. The predicted molar refractivity (Wildman–Crippen MR) is 97.5 cm³/mol. The fourth-order valence-electron chi connectivity index (χ4n) is 2.60. The van der Waals surface area contributed by atoms with Gasteiger partial charge in [0.25, 0.3) is 5.91 Å². The van der Waals surface area contributed by atoms with Crippen LogP contribution in [0.2, 0.25) is 0 Å². The molecular weight excluding hydrogens is 318 g/mol. The number of hydrogen-bond acceptors (Lipinski definition) is 4. The van der Waals surface area contributed by atoms with Crippen LogP contribution in [-0.2, 0) is 11.8 Å². The van der Waals surface area contributed by atoms with Gasteiger partial charge in [-0.05, 0) is 18.9 Å². The van der Waals surface area contributed by atoms with Crippen LogP contribution in [0.5, 0.6) is 0 Å². The third-order valence-electron chi connectivity index (χ3n) is 4.06. The van der Waals surface area contributed by atoms with Crippen molar-refractivity contribution < 1.29 is 9.59 Å². The second-order valence-electron chi connectivity index (χ2n) is 6.86. The van der Waals surface area contributed by atoms with E-state index in [-0.39, 0.29) is 23.7 Å². The number of nitrogens with one attached hydrogen (secondary N) is 2. The van der Waals surface area contributed by atoms with Crippen molar-refractivity contribution in [3.05, 3.63) is 23.0 Å². The van der Waals surface area contributed by atoms with Crippen LogP contribution >= 0.6 is 0 Å². The van der Waals surface area contributed by atoms with E-state index in [0.717, 1.165) is 16.8 Å². The van der Waals surface area contributed by atoms with Gasteiger partial charge in [-0.3, -0.25) is 14.3 Å². The minimum Gasteiger partial charge on any atom is -0.354 e. The van der Waals surface area contributed by atoms with Crippen LogP contribution in [0.1, 0.15) is 55.4 Å². The molecule has 7 nitrogen and oxygen atoms in total. The van der Waals surface area contributed by atoms with Crippen molar-refractivity contribution in [1.82, 2.24) is 25.4 Å². The molecule has 0 bridgehead atoms. The van der Waals surface area contributed by atoms with Gasteiger partial charge < -0.3 is 10.6 Å². The molecule has 0 atom stereocenters. The Kier molecular flexibility index (Phi) is 5.77. The molecule has 0 radical (unpaired) electrons. The van der Waals surface area contributed by atoms with E-state index < -0.39 is 0 Å². The molecule has 0 spiro atoms. The number of nitrogens with zero attached hydrogens (tertiary/aromatic N) is 3. The van der Waals surface area contributed by atoms with Crippen molar-refractivity contribution >= 4 is 22.8 Å². The smallest absolute Gasteiger partial charge is 0.252 e. The number of rotatable bonds is 6. The number of aryl methyl sites for hydroxylation is 2. The normalized spacial score (nSPS) is 11.4. The lowest BCUT2D eigenvalue weighted by molar-refractivity contribution is -0.123. The molecule has 2 aromatic heterocycles. The lowest BCUT2D eigenvalue weighted by atomic mass is 10.0. The van der Waals surface area contributed by atoms with Crippen LogP contribution < -0.4 is 10.6 Å². The number of pyridine rings is 1. The molecule has 7 heteroatoms. The number of carbonyl (C=O) groups is 2. The van der Waals surface area contributed by atoms with E-state index in [0.29, 0.717) is 24.3 Å². The lowest BCUT2D eigenvalue weighted by Gasteiger charge is -2.12. The number of hydrogen-bond donors (Lipinski definition) is 2. The lowest BCUT2D eigenvalue weighted by Crippen LogP contribution is -2.36. The topological polar surface area (TPSA) is 88.9 Å². The molecule has 0 aliphatic carbocycles.